The van der Waals surface area contributed by atoms with Crippen molar-refractivity contribution < 1.29 is 13.2 Å². The molecule has 38 heavy (non-hydrogen) atoms. The molecule has 6 rings (SSSR count). The van der Waals surface area contributed by atoms with Gasteiger partial charge in [0.2, 0.25) is 0 Å². The molecule has 2 fully saturated rings. The first-order valence-electron chi connectivity index (χ1n) is 12.8. The molecule has 0 aliphatic carbocycles. The number of rotatable bonds is 8. The van der Waals surface area contributed by atoms with Crippen molar-refractivity contribution in [3.8, 4) is 11.4 Å². The first-order valence-corrected chi connectivity index (χ1v) is 14.9. The molecule has 1 N–H and O–H groups in total. The molecule has 10 nitrogen and oxygen atoms in total. The first kappa shape index (κ1) is 24.7. The fraction of sp³-hybridized carbons (Fsp3) is 0.407. The number of hydrogen-bond donors (Lipinski definition) is 1. The molecular weight excluding hydrogens is 502 g/mol. The van der Waals surface area contributed by atoms with Gasteiger partial charge in [0.15, 0.2) is 5.82 Å². The predicted molar refractivity (Wildman–Crippen MR) is 148 cm³/mol. The Hall–Kier alpha value is -3.57. The molecule has 4 aromatic rings. The monoisotopic (exact) mass is 533 g/mol. The number of sulfone groups is 1. The summed E-state index contributed by atoms with van der Waals surface area (Å²) in [5.74, 6) is 2.67. The molecule has 0 radical (unpaired) electrons. The molecule has 11 heteroatoms. The van der Waals surface area contributed by atoms with Crippen LogP contribution in [0.3, 0.4) is 0 Å². The van der Waals surface area contributed by atoms with Gasteiger partial charge < -0.3 is 15.0 Å². The Morgan fingerprint density at radius 1 is 1.08 bits per heavy atom. The zero-order chi connectivity index (χ0) is 26.4. The van der Waals surface area contributed by atoms with Gasteiger partial charge in [0.1, 0.15) is 21.5 Å². The highest BCUT2D eigenvalue weighted by atomic mass is 32.2. The van der Waals surface area contributed by atoms with Crippen LogP contribution < -0.4 is 10.2 Å². The van der Waals surface area contributed by atoms with Crippen molar-refractivity contribution in [2.45, 2.75) is 25.8 Å². The van der Waals surface area contributed by atoms with E-state index in [-0.39, 0.29) is 17.7 Å². The largest absolute Gasteiger partial charge is 0.377 e. The van der Waals surface area contributed by atoms with Gasteiger partial charge in [-0.25, -0.2) is 23.4 Å². The predicted octanol–water partition coefficient (Wildman–Crippen LogP) is 3.81. The van der Waals surface area contributed by atoms with Crippen molar-refractivity contribution in [3.05, 3.63) is 54.6 Å². The van der Waals surface area contributed by atoms with E-state index in [1.54, 1.807) is 12.4 Å². The van der Waals surface area contributed by atoms with E-state index in [1.807, 2.05) is 23.1 Å². The minimum atomic E-state index is -2.98. The van der Waals surface area contributed by atoms with Gasteiger partial charge in [0, 0.05) is 54.9 Å². The molecule has 0 amide bonds. The third kappa shape index (κ3) is 4.95. The summed E-state index contributed by atoms with van der Waals surface area (Å²) in [5, 5.41) is 9.97. The molecule has 0 unspecified atom stereocenters. The molecule has 0 bridgehead atoms. The van der Waals surface area contributed by atoms with E-state index in [9.17, 15) is 8.42 Å². The Labute approximate surface area is 222 Å². The number of anilines is 3. The molecule has 2 aliphatic heterocycles. The lowest BCUT2D eigenvalue weighted by atomic mass is 9.93. The number of pyridine rings is 1. The van der Waals surface area contributed by atoms with Crippen LogP contribution in [0.2, 0.25) is 0 Å². The number of hydrogen-bond acceptors (Lipinski definition) is 9. The number of aromatic nitrogens is 5. The van der Waals surface area contributed by atoms with E-state index in [2.05, 4.69) is 52.3 Å². The van der Waals surface area contributed by atoms with Crippen molar-refractivity contribution in [2.24, 2.45) is 5.92 Å². The summed E-state index contributed by atoms with van der Waals surface area (Å²) in [4.78, 5) is 16.1. The van der Waals surface area contributed by atoms with E-state index < -0.39 is 9.84 Å². The lowest BCUT2D eigenvalue weighted by Crippen LogP contribution is -2.49. The van der Waals surface area contributed by atoms with Crippen molar-refractivity contribution in [1.82, 2.24) is 24.7 Å². The smallest absolute Gasteiger partial charge is 0.164 e. The SMILES string of the molecule is CC(C)c1ccc(N2CC(CS(C)(=O)=O)C2)c2cnc(Nc3ccnc(-c4cnn(C5COC5)c4)n3)cc12. The maximum absolute atomic E-state index is 11.7. The van der Waals surface area contributed by atoms with Crippen LogP contribution in [0.4, 0.5) is 17.3 Å². The Kier molecular flexibility index (Phi) is 6.27. The van der Waals surface area contributed by atoms with E-state index in [0.29, 0.717) is 36.6 Å². The molecule has 198 valence electrons. The summed E-state index contributed by atoms with van der Waals surface area (Å²) in [6.07, 6.45) is 8.66. The average molecular weight is 534 g/mol. The minimum Gasteiger partial charge on any atom is -0.377 e. The van der Waals surface area contributed by atoms with Crippen LogP contribution in [-0.4, -0.2) is 71.5 Å². The number of benzene rings is 1. The summed E-state index contributed by atoms with van der Waals surface area (Å²) < 4.78 is 30.5. The molecule has 1 aromatic carbocycles. The van der Waals surface area contributed by atoms with E-state index >= 15 is 0 Å². The molecule has 5 heterocycles. The van der Waals surface area contributed by atoms with Gasteiger partial charge in [-0.1, -0.05) is 19.9 Å². The fourth-order valence-corrected chi connectivity index (χ4v) is 6.19. The lowest BCUT2D eigenvalue weighted by Gasteiger charge is -2.41. The summed E-state index contributed by atoms with van der Waals surface area (Å²) in [6, 6.07) is 8.47. The number of nitrogens with one attached hydrogen (secondary N) is 1. The van der Waals surface area contributed by atoms with Gasteiger partial charge in [-0.2, -0.15) is 5.10 Å². The Bertz CT molecular complexity index is 1590. The highest BCUT2D eigenvalue weighted by Gasteiger charge is 2.31. The maximum Gasteiger partial charge on any atom is 0.164 e. The Balaban J connectivity index is 1.26. The molecule has 2 saturated heterocycles. The second kappa shape index (κ2) is 9.63. The van der Waals surface area contributed by atoms with E-state index in [0.717, 1.165) is 35.1 Å². The normalized spacial score (nSPS) is 16.6. The van der Waals surface area contributed by atoms with Crippen LogP contribution in [-0.2, 0) is 14.6 Å². The lowest BCUT2D eigenvalue weighted by molar-refractivity contribution is -0.0286. The average Bonchev–Trinajstić information content (AvgIpc) is 3.28. The van der Waals surface area contributed by atoms with Gasteiger partial charge in [-0.15, -0.1) is 0 Å². The third-order valence-electron chi connectivity index (χ3n) is 7.14. The van der Waals surface area contributed by atoms with Crippen LogP contribution in [0.5, 0.6) is 0 Å². The molecular formula is C27H31N7O3S. The van der Waals surface area contributed by atoms with Gasteiger partial charge in [0.25, 0.3) is 0 Å². The Morgan fingerprint density at radius 3 is 2.61 bits per heavy atom. The first-order chi connectivity index (χ1) is 18.2. The van der Waals surface area contributed by atoms with Crippen molar-refractivity contribution in [2.75, 3.05) is 48.5 Å². The van der Waals surface area contributed by atoms with Crippen molar-refractivity contribution in [1.29, 1.82) is 0 Å². The standard InChI is InChI=1S/C27H31N7O3S/c1-17(2)21-4-5-24(33-11-18(12-33)16-38(3,35)36)23-10-29-26(8-22(21)23)31-25-6-7-28-27(32-25)19-9-30-34(13-19)20-14-37-15-20/h4-10,13,17-18,20H,11-12,14-16H2,1-3H3,(H,28,29,31,32). The molecule has 0 saturated carbocycles. The molecule has 0 atom stereocenters. The number of ether oxygens (including phenoxy) is 1. The highest BCUT2D eigenvalue weighted by Crippen LogP contribution is 2.37. The Morgan fingerprint density at radius 2 is 1.89 bits per heavy atom. The maximum atomic E-state index is 11.7. The second-order valence-electron chi connectivity index (χ2n) is 10.6. The van der Waals surface area contributed by atoms with Gasteiger partial charge >= 0.3 is 0 Å². The zero-order valence-electron chi connectivity index (χ0n) is 21.7. The van der Waals surface area contributed by atoms with Crippen molar-refractivity contribution in [3.63, 3.8) is 0 Å². The summed E-state index contributed by atoms with van der Waals surface area (Å²) in [7, 11) is -2.98. The van der Waals surface area contributed by atoms with Gasteiger partial charge in [0.05, 0.1) is 36.8 Å². The zero-order valence-corrected chi connectivity index (χ0v) is 22.5. The quantitative estimate of drug-likeness (QED) is 0.361. The van der Waals surface area contributed by atoms with E-state index in [4.69, 9.17) is 14.7 Å². The minimum absolute atomic E-state index is 0.167. The van der Waals surface area contributed by atoms with Crippen LogP contribution in [0.25, 0.3) is 22.2 Å². The van der Waals surface area contributed by atoms with Crippen LogP contribution in [0, 0.1) is 5.92 Å². The summed E-state index contributed by atoms with van der Waals surface area (Å²) in [5.41, 5.74) is 3.17. The molecule has 2 aliphatic rings. The molecule has 0 spiro atoms. The van der Waals surface area contributed by atoms with Crippen LogP contribution >= 0.6 is 0 Å². The van der Waals surface area contributed by atoms with E-state index in [1.165, 1.54) is 11.8 Å². The van der Waals surface area contributed by atoms with Crippen molar-refractivity contribution >= 4 is 37.9 Å². The number of nitrogens with zero attached hydrogens (tertiary/aromatic N) is 6. The highest BCUT2D eigenvalue weighted by molar-refractivity contribution is 7.90. The third-order valence-corrected chi connectivity index (χ3v) is 8.21. The second-order valence-corrected chi connectivity index (χ2v) is 12.8. The van der Waals surface area contributed by atoms with Gasteiger partial charge in [-0.3, -0.25) is 4.68 Å². The fourth-order valence-electron chi connectivity index (χ4n) is 5.12. The van der Waals surface area contributed by atoms with Gasteiger partial charge in [-0.05, 0) is 35.1 Å². The molecule has 3 aromatic heterocycles. The topological polar surface area (TPSA) is 115 Å². The summed E-state index contributed by atoms with van der Waals surface area (Å²) in [6.45, 7) is 7.18. The summed E-state index contributed by atoms with van der Waals surface area (Å²) >= 11 is 0. The van der Waals surface area contributed by atoms with Crippen LogP contribution in [0.15, 0.2) is 49.1 Å². The van der Waals surface area contributed by atoms with Crippen LogP contribution in [0.1, 0.15) is 31.4 Å². The number of fused-ring (bicyclic) bond motifs is 1.